The Morgan fingerprint density at radius 3 is 1.14 bits per heavy atom. The predicted molar refractivity (Wildman–Crippen MR) is 266 cm³/mol. The highest BCUT2D eigenvalue weighted by atomic mass is 15.2. The fourth-order valence-corrected chi connectivity index (χ4v) is 11.2. The summed E-state index contributed by atoms with van der Waals surface area (Å²) >= 11 is 0. The molecule has 304 valence electrons. The summed E-state index contributed by atoms with van der Waals surface area (Å²) in [5.41, 5.74) is 18.2. The van der Waals surface area contributed by atoms with Gasteiger partial charge in [-0.3, -0.25) is 0 Å². The van der Waals surface area contributed by atoms with Gasteiger partial charge in [-0.15, -0.1) is 0 Å². The SMILES string of the molecule is C1=CC(C2(c3ccccc3)c3ccccc3N(c3ccccc3)c3ccc(-c4ccc5c(c4)C(c4ccccc4)(c4ccccc4)c4ccccc4N5c4ccccc4)cc32)=CCC1. The summed E-state index contributed by atoms with van der Waals surface area (Å²) in [6, 6.07) is 87.7. The summed E-state index contributed by atoms with van der Waals surface area (Å²) in [5.74, 6) is 0. The van der Waals surface area contributed by atoms with Crippen molar-refractivity contribution < 1.29 is 0 Å². The van der Waals surface area contributed by atoms with Gasteiger partial charge in [0.05, 0.1) is 33.6 Å². The van der Waals surface area contributed by atoms with E-state index in [0.717, 1.165) is 24.2 Å². The van der Waals surface area contributed by atoms with E-state index in [4.69, 9.17) is 0 Å². The van der Waals surface area contributed by atoms with Crippen LogP contribution in [0.3, 0.4) is 0 Å². The van der Waals surface area contributed by atoms with Gasteiger partial charge in [0.1, 0.15) is 0 Å². The van der Waals surface area contributed by atoms with Crippen LogP contribution in [-0.4, -0.2) is 0 Å². The molecule has 1 aliphatic carbocycles. The lowest BCUT2D eigenvalue weighted by Gasteiger charge is -2.47. The topological polar surface area (TPSA) is 6.48 Å². The van der Waals surface area contributed by atoms with Crippen LogP contribution in [-0.2, 0) is 10.8 Å². The second kappa shape index (κ2) is 15.4. The number of allylic oxidation sites excluding steroid dienone is 4. The highest BCUT2D eigenvalue weighted by Crippen LogP contribution is 2.61. The maximum absolute atomic E-state index is 2.51. The van der Waals surface area contributed by atoms with Crippen LogP contribution in [0.2, 0.25) is 0 Å². The molecule has 0 bridgehead atoms. The van der Waals surface area contributed by atoms with Crippen molar-refractivity contribution in [1.82, 2.24) is 0 Å². The standard InChI is InChI=1S/C62H46N2/c1-7-23-47(24-8-1)61(48-25-9-2-10-26-48)53-35-19-21-37-57(53)63(51-31-15-5-16-32-51)59-41-39-45(43-55(59)61)46-40-42-60-56(44-46)62(49-27-11-3-12-28-49,50-29-13-4-14-30-50)54-36-20-22-38-58(54)64(60)52-33-17-6-18-34-52/h1-3,5-13,15-44H,4,14H2. The van der Waals surface area contributed by atoms with Gasteiger partial charge in [-0.25, -0.2) is 0 Å². The van der Waals surface area contributed by atoms with Gasteiger partial charge in [0.25, 0.3) is 0 Å². The van der Waals surface area contributed by atoms with Crippen LogP contribution >= 0.6 is 0 Å². The van der Waals surface area contributed by atoms with Crippen molar-refractivity contribution in [3.05, 3.63) is 299 Å². The van der Waals surface area contributed by atoms with Gasteiger partial charge in [0, 0.05) is 11.4 Å². The van der Waals surface area contributed by atoms with Crippen LogP contribution in [0.1, 0.15) is 51.8 Å². The molecule has 2 nitrogen and oxygen atoms in total. The molecule has 3 aliphatic rings. The van der Waals surface area contributed by atoms with E-state index < -0.39 is 10.8 Å². The minimum absolute atomic E-state index is 0.569. The minimum atomic E-state index is -0.613. The van der Waals surface area contributed by atoms with Crippen LogP contribution in [0.25, 0.3) is 11.1 Å². The molecule has 9 aromatic carbocycles. The molecule has 0 spiro atoms. The van der Waals surface area contributed by atoms with Crippen molar-refractivity contribution in [2.75, 3.05) is 9.80 Å². The van der Waals surface area contributed by atoms with Crippen molar-refractivity contribution in [3.8, 4) is 11.1 Å². The van der Waals surface area contributed by atoms with Crippen molar-refractivity contribution in [1.29, 1.82) is 0 Å². The van der Waals surface area contributed by atoms with Gasteiger partial charge < -0.3 is 9.80 Å². The molecule has 1 unspecified atom stereocenters. The van der Waals surface area contributed by atoms with E-state index in [1.165, 1.54) is 78.4 Å². The van der Waals surface area contributed by atoms with Crippen molar-refractivity contribution in [3.63, 3.8) is 0 Å². The molecule has 0 radical (unpaired) electrons. The number of benzene rings is 9. The molecule has 0 saturated carbocycles. The molecule has 0 amide bonds. The summed E-state index contributed by atoms with van der Waals surface area (Å²) in [7, 11) is 0. The van der Waals surface area contributed by atoms with E-state index in [1.54, 1.807) is 0 Å². The summed E-state index contributed by atoms with van der Waals surface area (Å²) in [6.45, 7) is 0. The van der Waals surface area contributed by atoms with Crippen molar-refractivity contribution in [2.24, 2.45) is 0 Å². The first kappa shape index (κ1) is 37.8. The summed E-state index contributed by atoms with van der Waals surface area (Å²) in [4.78, 5) is 4.93. The third kappa shape index (κ3) is 5.65. The molecule has 9 aromatic rings. The molecule has 64 heavy (non-hydrogen) atoms. The summed E-state index contributed by atoms with van der Waals surface area (Å²) in [5, 5.41) is 0. The van der Waals surface area contributed by atoms with Gasteiger partial charge in [0.2, 0.25) is 0 Å². The van der Waals surface area contributed by atoms with E-state index >= 15 is 0 Å². The Labute approximate surface area is 376 Å². The molecule has 12 rings (SSSR count). The second-order valence-electron chi connectivity index (χ2n) is 17.1. The van der Waals surface area contributed by atoms with Gasteiger partial charge in [-0.1, -0.05) is 194 Å². The quantitative estimate of drug-likeness (QED) is 0.158. The normalized spacial score (nSPS) is 16.8. The first-order valence-electron chi connectivity index (χ1n) is 22.5. The third-order valence-electron chi connectivity index (χ3n) is 13.8. The zero-order chi connectivity index (χ0) is 42.5. The van der Waals surface area contributed by atoms with Gasteiger partial charge >= 0.3 is 0 Å². The molecule has 1 atom stereocenters. The molecular weight excluding hydrogens is 773 g/mol. The smallest absolute Gasteiger partial charge is 0.0742 e. The molecule has 0 aromatic heterocycles. The van der Waals surface area contributed by atoms with E-state index in [0.29, 0.717) is 0 Å². The number of hydrogen-bond donors (Lipinski definition) is 0. The molecule has 2 heteroatoms. The Kier molecular flexibility index (Phi) is 9.12. The molecule has 2 heterocycles. The molecule has 2 aliphatic heterocycles. The first-order chi connectivity index (χ1) is 31.8. The molecule has 0 fully saturated rings. The van der Waals surface area contributed by atoms with Gasteiger partial charge in [-0.05, 0) is 129 Å². The fourth-order valence-electron chi connectivity index (χ4n) is 11.2. The fraction of sp³-hybridized carbons (Fsp3) is 0.0645. The lowest BCUT2D eigenvalue weighted by Crippen LogP contribution is -2.38. The molecule has 0 N–H and O–H groups in total. The zero-order valence-corrected chi connectivity index (χ0v) is 35.6. The zero-order valence-electron chi connectivity index (χ0n) is 35.6. The number of nitrogens with zero attached hydrogens (tertiary/aromatic N) is 2. The maximum Gasteiger partial charge on any atom is 0.0742 e. The average Bonchev–Trinajstić information content (AvgIpc) is 3.38. The van der Waals surface area contributed by atoms with E-state index in [9.17, 15) is 0 Å². The van der Waals surface area contributed by atoms with Crippen LogP contribution in [0.15, 0.2) is 260 Å². The van der Waals surface area contributed by atoms with E-state index in [2.05, 4.69) is 265 Å². The largest absolute Gasteiger partial charge is 0.310 e. The van der Waals surface area contributed by atoms with Crippen LogP contribution in [0.4, 0.5) is 34.1 Å². The Morgan fingerprint density at radius 1 is 0.312 bits per heavy atom. The monoisotopic (exact) mass is 818 g/mol. The lowest BCUT2D eigenvalue weighted by atomic mass is 9.60. The number of rotatable bonds is 7. The Balaban J connectivity index is 1.17. The Hall–Kier alpha value is -7.94. The number of para-hydroxylation sites is 4. The van der Waals surface area contributed by atoms with Crippen LogP contribution in [0.5, 0.6) is 0 Å². The van der Waals surface area contributed by atoms with Gasteiger partial charge in [0.15, 0.2) is 0 Å². The van der Waals surface area contributed by atoms with Crippen molar-refractivity contribution in [2.45, 2.75) is 23.7 Å². The first-order valence-corrected chi connectivity index (χ1v) is 22.5. The highest BCUT2D eigenvalue weighted by Gasteiger charge is 2.49. The lowest BCUT2D eigenvalue weighted by molar-refractivity contribution is 0.718. The average molecular weight is 819 g/mol. The highest BCUT2D eigenvalue weighted by molar-refractivity contribution is 5.93. The Morgan fingerprint density at radius 2 is 0.688 bits per heavy atom. The maximum atomic E-state index is 2.51. The van der Waals surface area contributed by atoms with Crippen molar-refractivity contribution >= 4 is 34.1 Å². The summed E-state index contributed by atoms with van der Waals surface area (Å²) in [6.07, 6.45) is 9.29. The predicted octanol–water partition coefficient (Wildman–Crippen LogP) is 15.9. The number of hydrogen-bond acceptors (Lipinski definition) is 2. The van der Waals surface area contributed by atoms with Crippen LogP contribution in [0, 0.1) is 0 Å². The summed E-state index contributed by atoms with van der Waals surface area (Å²) < 4.78 is 0. The van der Waals surface area contributed by atoms with Gasteiger partial charge in [-0.2, -0.15) is 0 Å². The Bertz CT molecular complexity index is 3170. The molecular formula is C62H46N2. The van der Waals surface area contributed by atoms with Crippen LogP contribution < -0.4 is 9.80 Å². The molecule has 0 saturated heterocycles. The van der Waals surface area contributed by atoms with E-state index in [1.807, 2.05) is 0 Å². The van der Waals surface area contributed by atoms with E-state index in [-0.39, 0.29) is 0 Å². The number of anilines is 6. The minimum Gasteiger partial charge on any atom is -0.310 e. The third-order valence-corrected chi connectivity index (χ3v) is 13.8. The second-order valence-corrected chi connectivity index (χ2v) is 17.1. The number of fused-ring (bicyclic) bond motifs is 4.